The van der Waals surface area contributed by atoms with E-state index < -0.39 is 11.6 Å². The Balaban J connectivity index is 2.04. The van der Waals surface area contributed by atoms with Gasteiger partial charge in [0.2, 0.25) is 0 Å². The number of nitriles is 1. The summed E-state index contributed by atoms with van der Waals surface area (Å²) in [5.41, 5.74) is 0.488. The molecule has 1 saturated heterocycles. The van der Waals surface area contributed by atoms with Crippen molar-refractivity contribution in [3.05, 3.63) is 59.1 Å². The summed E-state index contributed by atoms with van der Waals surface area (Å²) in [4.78, 5) is 28.3. The van der Waals surface area contributed by atoms with E-state index in [1.54, 1.807) is 62.4 Å². The summed E-state index contributed by atoms with van der Waals surface area (Å²) >= 11 is 5.88. The third-order valence-electron chi connectivity index (χ3n) is 4.01. The van der Waals surface area contributed by atoms with Crippen molar-refractivity contribution in [1.29, 1.82) is 5.26 Å². The lowest BCUT2D eigenvalue weighted by molar-refractivity contribution is -0.120. The van der Waals surface area contributed by atoms with Gasteiger partial charge in [-0.05, 0) is 62.4 Å². The van der Waals surface area contributed by atoms with Crippen LogP contribution >= 0.6 is 11.6 Å². The Labute approximate surface area is 144 Å². The van der Waals surface area contributed by atoms with Gasteiger partial charge in [-0.25, -0.2) is 9.69 Å². The molecule has 3 rings (SSSR count). The summed E-state index contributed by atoms with van der Waals surface area (Å²) in [6.45, 7) is 3.39. The van der Waals surface area contributed by atoms with Gasteiger partial charge in [0.1, 0.15) is 5.54 Å². The van der Waals surface area contributed by atoms with Crippen LogP contribution in [-0.4, -0.2) is 17.5 Å². The minimum Gasteiger partial charge on any atom is -0.279 e. The van der Waals surface area contributed by atoms with Gasteiger partial charge in [0.15, 0.2) is 0 Å². The van der Waals surface area contributed by atoms with Crippen molar-refractivity contribution in [1.82, 2.24) is 0 Å². The van der Waals surface area contributed by atoms with Gasteiger partial charge in [-0.1, -0.05) is 11.6 Å². The van der Waals surface area contributed by atoms with Crippen LogP contribution in [0.4, 0.5) is 16.2 Å². The van der Waals surface area contributed by atoms with Crippen molar-refractivity contribution in [3.8, 4) is 6.07 Å². The molecule has 0 atom stereocenters. The fraction of sp³-hybridized carbons (Fsp3) is 0.167. The average molecular weight is 340 g/mol. The van der Waals surface area contributed by atoms with Crippen LogP contribution in [0.3, 0.4) is 0 Å². The highest BCUT2D eigenvalue weighted by Crippen LogP contribution is 2.36. The Bertz CT molecular complexity index is 851. The van der Waals surface area contributed by atoms with Gasteiger partial charge in [-0.3, -0.25) is 9.69 Å². The molecule has 0 bridgehead atoms. The number of carbonyl (C=O) groups is 2. The number of nitrogens with zero attached hydrogens (tertiary/aromatic N) is 3. The maximum Gasteiger partial charge on any atom is 0.336 e. The number of urea groups is 1. The molecule has 0 N–H and O–H groups in total. The van der Waals surface area contributed by atoms with E-state index in [0.717, 1.165) is 4.90 Å². The molecule has 2 aromatic rings. The van der Waals surface area contributed by atoms with Gasteiger partial charge < -0.3 is 0 Å². The molecule has 0 radical (unpaired) electrons. The number of hydrogen-bond acceptors (Lipinski definition) is 3. The van der Waals surface area contributed by atoms with Crippen molar-refractivity contribution in [3.63, 3.8) is 0 Å². The van der Waals surface area contributed by atoms with E-state index in [1.807, 2.05) is 6.07 Å². The van der Waals surface area contributed by atoms with Crippen LogP contribution in [0.1, 0.15) is 19.4 Å². The highest BCUT2D eigenvalue weighted by Gasteiger charge is 2.52. The first-order valence-electron chi connectivity index (χ1n) is 7.31. The molecule has 2 aromatic carbocycles. The minimum absolute atomic E-state index is 0.320. The number of anilines is 2. The molecule has 1 heterocycles. The number of benzene rings is 2. The highest BCUT2D eigenvalue weighted by atomic mass is 35.5. The van der Waals surface area contributed by atoms with Crippen molar-refractivity contribution >= 4 is 34.9 Å². The van der Waals surface area contributed by atoms with Crippen molar-refractivity contribution < 1.29 is 9.59 Å². The zero-order valence-corrected chi connectivity index (χ0v) is 13.9. The number of halogens is 1. The van der Waals surface area contributed by atoms with Gasteiger partial charge >= 0.3 is 6.03 Å². The molecule has 0 aliphatic carbocycles. The first-order chi connectivity index (χ1) is 11.4. The topological polar surface area (TPSA) is 64.4 Å². The number of rotatable bonds is 2. The molecule has 0 spiro atoms. The number of hydrogen-bond donors (Lipinski definition) is 0. The molecule has 3 amide bonds. The highest BCUT2D eigenvalue weighted by molar-refractivity contribution is 6.32. The molecule has 120 valence electrons. The summed E-state index contributed by atoms with van der Waals surface area (Å²) in [5, 5.41) is 9.43. The van der Waals surface area contributed by atoms with Gasteiger partial charge in [0.05, 0.1) is 17.3 Å². The Morgan fingerprint density at radius 3 is 2.04 bits per heavy atom. The van der Waals surface area contributed by atoms with Crippen LogP contribution in [0.2, 0.25) is 5.02 Å². The summed E-state index contributed by atoms with van der Waals surface area (Å²) in [6.07, 6.45) is 0. The van der Waals surface area contributed by atoms with Gasteiger partial charge in [0.25, 0.3) is 5.91 Å². The Morgan fingerprint density at radius 1 is 0.958 bits per heavy atom. The maximum absolute atomic E-state index is 12.9. The Hall–Kier alpha value is -2.84. The second kappa shape index (κ2) is 5.66. The normalized spacial score (nSPS) is 16.4. The van der Waals surface area contributed by atoms with E-state index in [0.29, 0.717) is 22.0 Å². The van der Waals surface area contributed by atoms with Crippen molar-refractivity contribution in [2.24, 2.45) is 0 Å². The van der Waals surface area contributed by atoms with Crippen molar-refractivity contribution in [2.45, 2.75) is 19.4 Å². The van der Waals surface area contributed by atoms with Crippen molar-refractivity contribution in [2.75, 3.05) is 9.80 Å². The fourth-order valence-corrected chi connectivity index (χ4v) is 2.86. The molecule has 0 saturated carbocycles. The largest absolute Gasteiger partial charge is 0.336 e. The fourth-order valence-electron chi connectivity index (χ4n) is 2.73. The lowest BCUT2D eigenvalue weighted by Gasteiger charge is -2.27. The molecule has 6 heteroatoms. The smallest absolute Gasteiger partial charge is 0.279 e. The third-order valence-corrected chi connectivity index (χ3v) is 4.26. The van der Waals surface area contributed by atoms with E-state index in [-0.39, 0.29) is 5.91 Å². The third kappa shape index (κ3) is 2.41. The Kier molecular flexibility index (Phi) is 3.78. The second-order valence-corrected chi connectivity index (χ2v) is 6.39. The van der Waals surface area contributed by atoms with E-state index in [2.05, 4.69) is 0 Å². The van der Waals surface area contributed by atoms with Crippen LogP contribution in [0.25, 0.3) is 0 Å². The lowest BCUT2D eigenvalue weighted by atomic mass is 10.0. The summed E-state index contributed by atoms with van der Waals surface area (Å²) < 4.78 is 0. The molecule has 5 nitrogen and oxygen atoms in total. The molecule has 1 aliphatic heterocycles. The average Bonchev–Trinajstić information content (AvgIpc) is 2.74. The maximum atomic E-state index is 12.9. The predicted molar refractivity (Wildman–Crippen MR) is 92.0 cm³/mol. The van der Waals surface area contributed by atoms with Crippen LogP contribution in [0.5, 0.6) is 0 Å². The first kappa shape index (κ1) is 16.0. The van der Waals surface area contributed by atoms with Crippen LogP contribution in [0, 0.1) is 11.3 Å². The van der Waals surface area contributed by atoms with E-state index in [4.69, 9.17) is 16.9 Å². The van der Waals surface area contributed by atoms with E-state index in [1.165, 1.54) is 4.90 Å². The molecule has 24 heavy (non-hydrogen) atoms. The summed E-state index contributed by atoms with van der Waals surface area (Å²) in [7, 11) is 0. The van der Waals surface area contributed by atoms with Gasteiger partial charge in [0, 0.05) is 10.7 Å². The molecular weight excluding hydrogens is 326 g/mol. The van der Waals surface area contributed by atoms with Gasteiger partial charge in [-0.2, -0.15) is 5.26 Å². The van der Waals surface area contributed by atoms with E-state index in [9.17, 15) is 9.59 Å². The zero-order valence-electron chi connectivity index (χ0n) is 13.2. The summed E-state index contributed by atoms with van der Waals surface area (Å²) in [5.74, 6) is -0.320. The Morgan fingerprint density at radius 2 is 1.50 bits per heavy atom. The molecule has 1 aliphatic rings. The first-order valence-corrected chi connectivity index (χ1v) is 7.68. The van der Waals surface area contributed by atoms with Crippen LogP contribution < -0.4 is 9.80 Å². The lowest BCUT2D eigenvalue weighted by Crippen LogP contribution is -2.44. The van der Waals surface area contributed by atoms with Crippen LogP contribution in [-0.2, 0) is 4.79 Å². The summed E-state index contributed by atoms with van der Waals surface area (Å²) in [6, 6.07) is 14.7. The minimum atomic E-state index is -1.04. The number of amides is 3. The quantitative estimate of drug-likeness (QED) is 0.778. The number of imide groups is 1. The predicted octanol–water partition coefficient (Wildman–Crippen LogP) is 3.96. The SMILES string of the molecule is CC1(C)C(=O)N(c2ccc(Cl)cc2)C(=O)N1c1ccc(C#N)cc1. The van der Waals surface area contributed by atoms with Crippen LogP contribution in [0.15, 0.2) is 48.5 Å². The standard InChI is InChI=1S/C18H14ClN3O2/c1-18(2)16(23)21(14-9-5-13(19)6-10-14)17(24)22(18)15-7-3-12(11-20)4-8-15/h3-10H,1-2H3. The number of carbonyl (C=O) groups excluding carboxylic acids is 2. The van der Waals surface area contributed by atoms with E-state index >= 15 is 0 Å². The second-order valence-electron chi connectivity index (χ2n) is 5.95. The zero-order chi connectivity index (χ0) is 17.5. The molecule has 0 aromatic heterocycles. The monoisotopic (exact) mass is 339 g/mol. The molecule has 0 unspecified atom stereocenters. The van der Waals surface area contributed by atoms with Gasteiger partial charge in [-0.15, -0.1) is 0 Å². The molecular formula is C18H14ClN3O2. The molecule has 1 fully saturated rings.